The molecule has 3 nitrogen and oxygen atoms in total. The fourth-order valence-corrected chi connectivity index (χ4v) is 2.97. The first kappa shape index (κ1) is 16.5. The highest BCUT2D eigenvalue weighted by Crippen LogP contribution is 2.09. The molecule has 0 aliphatic carbocycles. The van der Waals surface area contributed by atoms with Crippen molar-refractivity contribution >= 4 is 0 Å². The second-order valence-electron chi connectivity index (χ2n) is 6.00. The SMILES string of the molecule is NCc1cccc(CCCOCCCN2CCCCC2)c1. The Labute approximate surface area is 129 Å². The van der Waals surface area contributed by atoms with Gasteiger partial charge in [0.1, 0.15) is 0 Å². The van der Waals surface area contributed by atoms with Gasteiger partial charge in [0.15, 0.2) is 0 Å². The van der Waals surface area contributed by atoms with E-state index in [0.717, 1.165) is 26.1 Å². The van der Waals surface area contributed by atoms with Crippen molar-refractivity contribution in [2.75, 3.05) is 32.8 Å². The van der Waals surface area contributed by atoms with Gasteiger partial charge in [-0.2, -0.15) is 0 Å². The summed E-state index contributed by atoms with van der Waals surface area (Å²) in [6.07, 6.45) is 7.52. The molecule has 1 fully saturated rings. The third-order valence-electron chi connectivity index (χ3n) is 4.19. The monoisotopic (exact) mass is 290 g/mol. The van der Waals surface area contributed by atoms with E-state index in [1.54, 1.807) is 0 Å². The Morgan fingerprint density at radius 2 is 1.76 bits per heavy atom. The Morgan fingerprint density at radius 3 is 2.57 bits per heavy atom. The summed E-state index contributed by atoms with van der Waals surface area (Å²) >= 11 is 0. The maximum absolute atomic E-state index is 5.75. The van der Waals surface area contributed by atoms with Crippen LogP contribution >= 0.6 is 0 Å². The molecule has 0 amide bonds. The first-order chi connectivity index (χ1) is 10.4. The van der Waals surface area contributed by atoms with Crippen LogP contribution in [0.3, 0.4) is 0 Å². The van der Waals surface area contributed by atoms with Crippen molar-refractivity contribution in [2.45, 2.75) is 45.1 Å². The van der Waals surface area contributed by atoms with E-state index in [1.807, 2.05) is 0 Å². The number of likely N-dealkylation sites (tertiary alicyclic amines) is 1. The van der Waals surface area contributed by atoms with Crippen molar-refractivity contribution in [2.24, 2.45) is 5.73 Å². The van der Waals surface area contributed by atoms with Crippen molar-refractivity contribution in [3.8, 4) is 0 Å². The zero-order chi connectivity index (χ0) is 14.8. The van der Waals surface area contributed by atoms with Gasteiger partial charge in [-0.3, -0.25) is 0 Å². The quantitative estimate of drug-likeness (QED) is 0.711. The minimum absolute atomic E-state index is 0.626. The lowest BCUT2D eigenvalue weighted by Gasteiger charge is -2.26. The van der Waals surface area contributed by atoms with Crippen LogP contribution in [-0.4, -0.2) is 37.7 Å². The highest BCUT2D eigenvalue weighted by atomic mass is 16.5. The molecule has 0 aromatic heterocycles. The van der Waals surface area contributed by atoms with E-state index in [1.165, 1.54) is 56.4 Å². The number of benzene rings is 1. The number of nitrogens with two attached hydrogens (primary N) is 1. The third kappa shape index (κ3) is 6.60. The average molecular weight is 290 g/mol. The van der Waals surface area contributed by atoms with E-state index < -0.39 is 0 Å². The van der Waals surface area contributed by atoms with Crippen LogP contribution in [0.25, 0.3) is 0 Å². The molecule has 1 aliphatic rings. The fourth-order valence-electron chi connectivity index (χ4n) is 2.97. The standard InChI is InChI=1S/C18H30N2O/c19-16-18-8-4-7-17(15-18)9-5-13-21-14-6-12-20-10-2-1-3-11-20/h4,7-8,15H,1-3,5-6,9-14,16,19H2. The van der Waals surface area contributed by atoms with Gasteiger partial charge in [-0.05, 0) is 56.3 Å². The van der Waals surface area contributed by atoms with Gasteiger partial charge in [-0.1, -0.05) is 30.7 Å². The Balaban J connectivity index is 1.47. The number of nitrogens with zero attached hydrogens (tertiary/aromatic N) is 1. The zero-order valence-electron chi connectivity index (χ0n) is 13.2. The summed E-state index contributed by atoms with van der Waals surface area (Å²) in [4.78, 5) is 2.57. The van der Waals surface area contributed by atoms with Gasteiger partial charge in [-0.15, -0.1) is 0 Å². The van der Waals surface area contributed by atoms with E-state index >= 15 is 0 Å². The molecule has 21 heavy (non-hydrogen) atoms. The van der Waals surface area contributed by atoms with Crippen LogP contribution in [0.4, 0.5) is 0 Å². The fraction of sp³-hybridized carbons (Fsp3) is 0.667. The molecule has 2 rings (SSSR count). The molecule has 0 saturated carbocycles. The summed E-state index contributed by atoms with van der Waals surface area (Å²) in [6.45, 7) is 6.18. The van der Waals surface area contributed by atoms with Gasteiger partial charge in [-0.25, -0.2) is 0 Å². The number of hydrogen-bond acceptors (Lipinski definition) is 3. The molecule has 1 saturated heterocycles. The number of piperidine rings is 1. The lowest BCUT2D eigenvalue weighted by Crippen LogP contribution is -2.31. The van der Waals surface area contributed by atoms with Crippen molar-refractivity contribution in [1.29, 1.82) is 0 Å². The lowest BCUT2D eigenvalue weighted by molar-refractivity contribution is 0.115. The van der Waals surface area contributed by atoms with Crippen LogP contribution in [0.1, 0.15) is 43.2 Å². The zero-order valence-corrected chi connectivity index (χ0v) is 13.2. The highest BCUT2D eigenvalue weighted by molar-refractivity contribution is 5.23. The van der Waals surface area contributed by atoms with Crippen molar-refractivity contribution in [3.63, 3.8) is 0 Å². The van der Waals surface area contributed by atoms with E-state index in [-0.39, 0.29) is 0 Å². The molecule has 0 spiro atoms. The second kappa shape index (κ2) is 9.93. The Hall–Kier alpha value is -0.900. The minimum Gasteiger partial charge on any atom is -0.381 e. The molecular formula is C18H30N2O. The topological polar surface area (TPSA) is 38.5 Å². The van der Waals surface area contributed by atoms with Crippen LogP contribution in [0, 0.1) is 0 Å². The van der Waals surface area contributed by atoms with Gasteiger partial charge < -0.3 is 15.4 Å². The number of hydrogen-bond donors (Lipinski definition) is 1. The lowest BCUT2D eigenvalue weighted by atomic mass is 10.1. The first-order valence-electron chi connectivity index (χ1n) is 8.46. The Bertz CT molecular complexity index is 389. The first-order valence-corrected chi connectivity index (χ1v) is 8.46. The summed E-state index contributed by atoms with van der Waals surface area (Å²) in [5, 5.41) is 0. The van der Waals surface area contributed by atoms with Crippen LogP contribution in [-0.2, 0) is 17.7 Å². The van der Waals surface area contributed by atoms with Crippen molar-refractivity contribution in [1.82, 2.24) is 4.90 Å². The molecule has 1 aromatic carbocycles. The highest BCUT2D eigenvalue weighted by Gasteiger charge is 2.08. The second-order valence-corrected chi connectivity index (χ2v) is 6.00. The van der Waals surface area contributed by atoms with Crippen molar-refractivity contribution < 1.29 is 4.74 Å². The van der Waals surface area contributed by atoms with E-state index in [2.05, 4.69) is 29.2 Å². The van der Waals surface area contributed by atoms with E-state index in [9.17, 15) is 0 Å². The summed E-state index contributed by atoms with van der Waals surface area (Å²) in [5.74, 6) is 0. The molecule has 1 aromatic rings. The molecule has 0 unspecified atom stereocenters. The summed E-state index contributed by atoms with van der Waals surface area (Å²) in [6, 6.07) is 8.56. The van der Waals surface area contributed by atoms with Gasteiger partial charge in [0, 0.05) is 26.3 Å². The van der Waals surface area contributed by atoms with Gasteiger partial charge in [0.05, 0.1) is 0 Å². The normalized spacial score (nSPS) is 16.2. The van der Waals surface area contributed by atoms with Gasteiger partial charge in [0.2, 0.25) is 0 Å². The van der Waals surface area contributed by atoms with Crippen LogP contribution < -0.4 is 5.73 Å². The van der Waals surface area contributed by atoms with Crippen LogP contribution in [0.15, 0.2) is 24.3 Å². The number of rotatable bonds is 9. The minimum atomic E-state index is 0.626. The Morgan fingerprint density at radius 1 is 1.00 bits per heavy atom. The van der Waals surface area contributed by atoms with Gasteiger partial charge >= 0.3 is 0 Å². The summed E-state index contributed by atoms with van der Waals surface area (Å²) in [7, 11) is 0. The predicted octanol–water partition coefficient (Wildman–Crippen LogP) is 2.97. The van der Waals surface area contributed by atoms with Crippen LogP contribution in [0.5, 0.6) is 0 Å². The number of aryl methyl sites for hydroxylation is 1. The van der Waals surface area contributed by atoms with Gasteiger partial charge in [0.25, 0.3) is 0 Å². The maximum atomic E-state index is 5.75. The Kier molecular flexibility index (Phi) is 7.79. The third-order valence-corrected chi connectivity index (χ3v) is 4.19. The largest absolute Gasteiger partial charge is 0.381 e. The molecule has 118 valence electrons. The molecule has 3 heteroatoms. The van der Waals surface area contributed by atoms with E-state index in [4.69, 9.17) is 10.5 Å². The number of ether oxygens (including phenoxy) is 1. The summed E-state index contributed by atoms with van der Waals surface area (Å²) in [5.41, 5.74) is 8.25. The predicted molar refractivity (Wildman–Crippen MR) is 88.4 cm³/mol. The van der Waals surface area contributed by atoms with E-state index in [0.29, 0.717) is 6.54 Å². The smallest absolute Gasteiger partial charge is 0.0478 e. The molecule has 0 atom stereocenters. The van der Waals surface area contributed by atoms with Crippen LogP contribution in [0.2, 0.25) is 0 Å². The molecular weight excluding hydrogens is 260 g/mol. The summed E-state index contributed by atoms with van der Waals surface area (Å²) < 4.78 is 5.75. The molecule has 1 aliphatic heterocycles. The molecule has 0 radical (unpaired) electrons. The average Bonchev–Trinajstić information content (AvgIpc) is 2.55. The maximum Gasteiger partial charge on any atom is 0.0478 e. The molecule has 2 N–H and O–H groups in total. The van der Waals surface area contributed by atoms with Crippen molar-refractivity contribution in [3.05, 3.63) is 35.4 Å². The molecule has 0 bridgehead atoms. The molecule has 1 heterocycles.